The number of hydrogen-bond donors (Lipinski definition) is 1. The minimum absolute atomic E-state index is 0.153. The Morgan fingerprint density at radius 3 is 2.66 bits per heavy atom. The molecule has 1 aromatic carbocycles. The fourth-order valence-electron chi connectivity index (χ4n) is 3.59. The van der Waals surface area contributed by atoms with E-state index in [1.807, 2.05) is 6.33 Å². The molecule has 3 rings (SSSR count). The van der Waals surface area contributed by atoms with Crippen molar-refractivity contribution in [3.63, 3.8) is 0 Å². The van der Waals surface area contributed by atoms with Crippen molar-refractivity contribution < 1.29 is 18.0 Å². The van der Waals surface area contributed by atoms with Crippen molar-refractivity contribution in [3.8, 4) is 0 Å². The molecule has 154 valence electrons. The summed E-state index contributed by atoms with van der Waals surface area (Å²) in [5.41, 5.74) is 0.598. The number of aryl methyl sites for hydroxylation is 1. The van der Waals surface area contributed by atoms with Gasteiger partial charge < -0.3 is 5.32 Å². The van der Waals surface area contributed by atoms with Crippen molar-refractivity contribution in [1.82, 2.24) is 12.3 Å². The number of benzene rings is 1. The minimum atomic E-state index is -4.41. The van der Waals surface area contributed by atoms with Gasteiger partial charge in [0.25, 0.3) is 0 Å². The number of carbonyl (C=O) groups excluding carboxylic acids is 1. The van der Waals surface area contributed by atoms with Crippen LogP contribution in [-0.4, -0.2) is 63.9 Å². The van der Waals surface area contributed by atoms with E-state index in [0.717, 1.165) is 95.6 Å². The summed E-state index contributed by atoms with van der Waals surface area (Å²) in [6.07, 6.45) is 4.23. The first-order chi connectivity index (χ1) is 13.8. The van der Waals surface area contributed by atoms with Crippen molar-refractivity contribution >= 4 is 37.7 Å². The molecule has 1 aliphatic heterocycles. The van der Waals surface area contributed by atoms with Gasteiger partial charge in [0.2, 0.25) is 0 Å². The van der Waals surface area contributed by atoms with Gasteiger partial charge in [0, 0.05) is 5.69 Å². The molecule has 0 bridgehead atoms. The molecule has 0 spiro atoms. The maximum absolute atomic E-state index is 12.8. The summed E-state index contributed by atoms with van der Waals surface area (Å²) < 4.78 is 40.5. The van der Waals surface area contributed by atoms with Crippen LogP contribution in [0.3, 0.4) is 0 Å². The standard InChI is InChI=1S/C20H25F3N4O.Tl/c21-20(22,23)16-4-3-6-17(12-16)26-19(28)15-7-10-27(11-8-15)9-2-1-5-18-13-24-14-25-18;/h3-4,6,12-15H,1-2,5,7-11H2,(H2,24,25,26,28);/q;+1/p-1. The Kier molecular flexibility index (Phi) is 7.72. The third-order valence-electron chi connectivity index (χ3n) is 5.23. The number of anilines is 1. The van der Waals surface area contributed by atoms with E-state index in [2.05, 4.69) is 23.8 Å². The van der Waals surface area contributed by atoms with E-state index in [1.54, 1.807) is 0 Å². The van der Waals surface area contributed by atoms with E-state index in [9.17, 15) is 18.0 Å². The summed E-state index contributed by atoms with van der Waals surface area (Å²) in [5.74, 6) is -0.345. The van der Waals surface area contributed by atoms with Gasteiger partial charge in [-0.05, 0) is 18.2 Å². The SMILES string of the molecule is O=C(Nc1cccc(C(F)(F)F)c1)C1CCN(CCCCc2c[n]([Tl])cn2)CC1. The summed E-state index contributed by atoms with van der Waals surface area (Å²) in [4.78, 5) is 19.2. The molecule has 0 unspecified atom stereocenters. The molecule has 0 aliphatic carbocycles. The van der Waals surface area contributed by atoms with Gasteiger partial charge in [-0.2, -0.15) is 13.2 Å². The first-order valence-electron chi connectivity index (χ1n) is 9.79. The first-order valence-corrected chi connectivity index (χ1v) is 11.8. The Morgan fingerprint density at radius 2 is 2.00 bits per heavy atom. The maximum atomic E-state index is 12.8. The number of aromatic nitrogens is 2. The zero-order chi connectivity index (χ0) is 20.9. The molecule has 1 saturated heterocycles. The van der Waals surface area contributed by atoms with Crippen LogP contribution in [0, 0.1) is 5.92 Å². The third-order valence-corrected chi connectivity index (χ3v) is 6.33. The molecule has 1 N–H and O–H groups in total. The van der Waals surface area contributed by atoms with Crippen molar-refractivity contribution in [2.24, 2.45) is 5.92 Å². The molecule has 1 aromatic heterocycles. The number of halogens is 3. The van der Waals surface area contributed by atoms with Crippen LogP contribution in [0.1, 0.15) is 36.9 Å². The molecule has 0 saturated carbocycles. The van der Waals surface area contributed by atoms with Crippen LogP contribution in [0.5, 0.6) is 0 Å². The van der Waals surface area contributed by atoms with E-state index in [-0.39, 0.29) is 17.5 Å². The second-order valence-corrected chi connectivity index (χ2v) is 9.77. The van der Waals surface area contributed by atoms with Crippen molar-refractivity contribution in [3.05, 3.63) is 48.0 Å². The molecule has 2 heterocycles. The molecular formula is C20H24F3N4OTl. The Hall–Kier alpha value is -1.43. The molecule has 1 aliphatic rings. The van der Waals surface area contributed by atoms with E-state index < -0.39 is 11.7 Å². The van der Waals surface area contributed by atoms with Crippen LogP contribution in [0.15, 0.2) is 36.8 Å². The summed E-state index contributed by atoms with van der Waals surface area (Å²) >= 11 is 0.758. The molecule has 1 amide bonds. The molecule has 1 fully saturated rings. The van der Waals surface area contributed by atoms with Crippen molar-refractivity contribution in [2.75, 3.05) is 25.0 Å². The monoisotopic (exact) mass is 598 g/mol. The number of carbonyl (C=O) groups is 1. The van der Waals surface area contributed by atoms with Gasteiger partial charge in [-0.3, -0.25) is 4.79 Å². The molecule has 0 radical (unpaired) electrons. The predicted octanol–water partition coefficient (Wildman–Crippen LogP) is 3.51. The fourth-order valence-corrected chi connectivity index (χ4v) is 4.51. The Labute approximate surface area is 184 Å². The van der Waals surface area contributed by atoms with Crippen molar-refractivity contribution in [1.29, 1.82) is 0 Å². The van der Waals surface area contributed by atoms with E-state index in [0.29, 0.717) is 0 Å². The van der Waals surface area contributed by atoms with Crippen LogP contribution in [0.25, 0.3) is 0 Å². The van der Waals surface area contributed by atoms with Gasteiger partial charge in [0.05, 0.1) is 5.56 Å². The number of amides is 1. The van der Waals surface area contributed by atoms with E-state index >= 15 is 0 Å². The van der Waals surface area contributed by atoms with Crippen LogP contribution in [0.2, 0.25) is 0 Å². The van der Waals surface area contributed by atoms with E-state index in [4.69, 9.17) is 0 Å². The van der Waals surface area contributed by atoms with Gasteiger partial charge in [-0.25, -0.2) is 0 Å². The van der Waals surface area contributed by atoms with Crippen molar-refractivity contribution in [2.45, 2.75) is 38.3 Å². The molecule has 9 heteroatoms. The first kappa shape index (κ1) is 22.3. The number of likely N-dealkylation sites (tertiary alicyclic amines) is 1. The number of hydrogen-bond acceptors (Lipinski definition) is 3. The third kappa shape index (κ3) is 6.80. The summed E-state index contributed by atoms with van der Waals surface area (Å²) in [5, 5.41) is 2.65. The van der Waals surface area contributed by atoms with Crippen LogP contribution in [0.4, 0.5) is 18.9 Å². The quantitative estimate of drug-likeness (QED) is 0.393. The van der Waals surface area contributed by atoms with Gasteiger partial charge in [-0.1, -0.05) is 6.07 Å². The Balaban J connectivity index is 1.38. The van der Waals surface area contributed by atoms with E-state index in [1.165, 1.54) is 12.1 Å². The number of imidazole rings is 1. The average molecular weight is 598 g/mol. The molecule has 0 atom stereocenters. The Bertz CT molecular complexity index is 816. The van der Waals surface area contributed by atoms with Gasteiger partial charge in [0.1, 0.15) is 0 Å². The normalized spacial score (nSPS) is 16.1. The van der Waals surface area contributed by atoms with Crippen LogP contribution in [-0.2, 0) is 17.4 Å². The number of piperidine rings is 1. The molecular weight excluding hydrogens is 574 g/mol. The van der Waals surface area contributed by atoms with Gasteiger partial charge in [-0.15, -0.1) is 0 Å². The predicted molar refractivity (Wildman–Crippen MR) is 106 cm³/mol. The second-order valence-electron chi connectivity index (χ2n) is 7.45. The number of unbranched alkanes of at least 4 members (excludes halogenated alkanes) is 1. The number of rotatable bonds is 7. The number of nitrogens with one attached hydrogen (secondary N) is 1. The molecule has 5 nitrogen and oxygen atoms in total. The summed E-state index contributed by atoms with van der Waals surface area (Å²) in [6, 6.07) is 4.79. The topological polar surface area (TPSA) is 50.2 Å². The summed E-state index contributed by atoms with van der Waals surface area (Å²) in [7, 11) is 0. The zero-order valence-corrected chi connectivity index (χ0v) is 20.6. The number of alkyl halides is 3. The number of nitrogens with zero attached hydrogens (tertiary/aromatic N) is 3. The molecule has 29 heavy (non-hydrogen) atoms. The van der Waals surface area contributed by atoms with Crippen LogP contribution < -0.4 is 5.32 Å². The average Bonchev–Trinajstić information content (AvgIpc) is 3.10. The van der Waals surface area contributed by atoms with Gasteiger partial charge >= 0.3 is 126 Å². The summed E-state index contributed by atoms with van der Waals surface area (Å²) in [6.45, 7) is 2.69. The second kappa shape index (κ2) is 10.1. The fraction of sp³-hybridized carbons (Fsp3) is 0.500. The van der Waals surface area contributed by atoms with Gasteiger partial charge in [0.15, 0.2) is 0 Å². The van der Waals surface area contributed by atoms with Crippen LogP contribution >= 0.6 is 0 Å². The zero-order valence-electron chi connectivity index (χ0n) is 16.2. The Morgan fingerprint density at radius 1 is 1.24 bits per heavy atom. The molecule has 2 aromatic rings.